The summed E-state index contributed by atoms with van der Waals surface area (Å²) in [7, 11) is 0. The number of hydrogen-bond acceptors (Lipinski definition) is 5. The Kier molecular flexibility index (Phi) is 4.51. The van der Waals surface area contributed by atoms with Gasteiger partial charge >= 0.3 is 24.9 Å². The van der Waals surface area contributed by atoms with E-state index in [9.17, 15) is 23.9 Å². The number of hydroxylamine groups is 2. The maximum Gasteiger partial charge on any atom is 1.00 e. The van der Waals surface area contributed by atoms with E-state index < -0.39 is 36.3 Å². The van der Waals surface area contributed by atoms with Crippen LogP contribution in [0.25, 0.3) is 0 Å². The average molecular weight is 305 g/mol. The van der Waals surface area contributed by atoms with Crippen molar-refractivity contribution in [3.05, 3.63) is 11.6 Å². The number of rotatable bonds is 5. The number of halogens is 1. The second kappa shape index (κ2) is 5.91. The van der Waals surface area contributed by atoms with E-state index in [1.807, 2.05) is 0 Å². The van der Waals surface area contributed by atoms with E-state index in [2.05, 4.69) is 4.84 Å². The van der Waals surface area contributed by atoms with Crippen LogP contribution in [-0.2, 0) is 14.4 Å². The molecule has 114 valence electrons. The molecule has 0 aromatic heterocycles. The summed E-state index contributed by atoms with van der Waals surface area (Å²) in [5.74, 6) is -2.56. The molecule has 2 fully saturated rings. The number of amides is 3. The van der Waals surface area contributed by atoms with Crippen LogP contribution in [0.3, 0.4) is 0 Å². The SMILES string of the molecule is NC(=O)[C@@H]1C(C2CC2)=C[C@@H]2CN1C(=O)N2O[C@H](F)C(=O)[O-].[Li+]. The predicted molar refractivity (Wildman–Crippen MR) is 62.5 cm³/mol. The van der Waals surface area contributed by atoms with Crippen LogP contribution >= 0.6 is 0 Å². The monoisotopic (exact) mass is 305 g/mol. The van der Waals surface area contributed by atoms with Crippen molar-refractivity contribution in [1.82, 2.24) is 9.96 Å². The summed E-state index contributed by atoms with van der Waals surface area (Å²) in [4.78, 5) is 39.8. The number of carboxylic acids is 1. The summed E-state index contributed by atoms with van der Waals surface area (Å²) in [6.07, 6.45) is 0.696. The van der Waals surface area contributed by atoms with Gasteiger partial charge in [-0.2, -0.15) is 5.06 Å². The molecule has 3 rings (SSSR count). The molecule has 8 nitrogen and oxygen atoms in total. The molecule has 22 heavy (non-hydrogen) atoms. The maximum atomic E-state index is 13.1. The molecule has 2 bridgehead atoms. The Labute approximate surface area is 137 Å². The van der Waals surface area contributed by atoms with Gasteiger partial charge in [-0.05, 0) is 24.3 Å². The average Bonchev–Trinajstić information content (AvgIpc) is 3.23. The third-order valence-electron chi connectivity index (χ3n) is 3.84. The molecule has 2 heterocycles. The van der Waals surface area contributed by atoms with E-state index in [4.69, 9.17) is 5.73 Å². The van der Waals surface area contributed by atoms with E-state index in [0.717, 1.165) is 18.4 Å². The normalized spacial score (nSPS) is 28.0. The molecule has 2 N–H and O–H groups in total. The number of aliphatic carboxylic acids is 1. The zero-order valence-electron chi connectivity index (χ0n) is 11.9. The van der Waals surface area contributed by atoms with Gasteiger partial charge in [0.2, 0.25) is 5.91 Å². The third kappa shape index (κ3) is 2.72. The van der Waals surface area contributed by atoms with Gasteiger partial charge in [0.25, 0.3) is 6.36 Å². The Bertz CT molecular complexity index is 553. The molecule has 10 heteroatoms. The fourth-order valence-electron chi connectivity index (χ4n) is 2.81. The number of nitrogens with zero attached hydrogens (tertiary/aromatic N) is 2. The van der Waals surface area contributed by atoms with Crippen molar-refractivity contribution >= 4 is 17.9 Å². The number of alkyl halides is 1. The van der Waals surface area contributed by atoms with Crippen molar-refractivity contribution in [2.24, 2.45) is 11.7 Å². The van der Waals surface area contributed by atoms with Crippen LogP contribution in [0.1, 0.15) is 12.8 Å². The number of primary amides is 1. The second-order valence-corrected chi connectivity index (χ2v) is 5.31. The minimum absolute atomic E-state index is 0. The van der Waals surface area contributed by atoms with Crippen LogP contribution in [0.4, 0.5) is 9.18 Å². The van der Waals surface area contributed by atoms with Crippen LogP contribution in [0.15, 0.2) is 11.6 Å². The van der Waals surface area contributed by atoms with Gasteiger partial charge in [0.15, 0.2) is 0 Å². The molecule has 1 saturated carbocycles. The van der Waals surface area contributed by atoms with Gasteiger partial charge in [0.1, 0.15) is 12.0 Å². The standard InChI is InChI=1S/C12H14FN3O5.Li/c13-9(11(18)19)21-16-6-3-7(5-1-2-5)8(10(14)17)15(4-6)12(16)20;/h3,5-6,8-9H,1-2,4H2,(H2,14,17)(H,18,19);/q;+1/p-1/t6-,8+,9+;/m1./s1. The first-order valence-electron chi connectivity index (χ1n) is 6.52. The molecule has 0 spiro atoms. The molecular formula is C12H13FLiN3O5. The van der Waals surface area contributed by atoms with Crippen molar-refractivity contribution in [3.63, 3.8) is 0 Å². The minimum Gasteiger partial charge on any atom is -0.544 e. The fraction of sp³-hybridized carbons (Fsp3) is 0.583. The van der Waals surface area contributed by atoms with E-state index >= 15 is 0 Å². The molecule has 2 aliphatic heterocycles. The van der Waals surface area contributed by atoms with E-state index in [1.165, 1.54) is 4.90 Å². The largest absolute Gasteiger partial charge is 1.00 e. The van der Waals surface area contributed by atoms with E-state index in [-0.39, 0.29) is 31.3 Å². The van der Waals surface area contributed by atoms with Gasteiger partial charge in [-0.1, -0.05) is 6.08 Å². The number of nitrogens with two attached hydrogens (primary N) is 1. The Morgan fingerprint density at radius 3 is 2.59 bits per heavy atom. The maximum absolute atomic E-state index is 13.1. The summed E-state index contributed by atoms with van der Waals surface area (Å²) in [5, 5.41) is 11.0. The molecule has 0 aromatic rings. The first kappa shape index (κ1) is 16.8. The van der Waals surface area contributed by atoms with Crippen LogP contribution < -0.4 is 29.7 Å². The minimum atomic E-state index is -2.75. The van der Waals surface area contributed by atoms with Crippen molar-refractivity contribution in [2.45, 2.75) is 31.3 Å². The number of carbonyl (C=O) groups excluding carboxylic acids is 3. The molecule has 0 radical (unpaired) electrons. The second-order valence-electron chi connectivity index (χ2n) is 5.31. The van der Waals surface area contributed by atoms with Gasteiger partial charge in [-0.25, -0.2) is 14.0 Å². The molecule has 0 aromatic carbocycles. The van der Waals surface area contributed by atoms with E-state index in [0.29, 0.717) is 5.06 Å². The molecule has 1 saturated heterocycles. The summed E-state index contributed by atoms with van der Waals surface area (Å²) < 4.78 is 13.1. The molecular weight excluding hydrogens is 292 g/mol. The summed E-state index contributed by atoms with van der Waals surface area (Å²) in [5.41, 5.74) is 6.08. The number of urea groups is 1. The number of fused-ring (bicyclic) bond motifs is 2. The summed E-state index contributed by atoms with van der Waals surface area (Å²) in [6.45, 7) is 0.0996. The molecule has 3 atom stereocenters. The Morgan fingerprint density at radius 1 is 1.45 bits per heavy atom. The first-order chi connectivity index (χ1) is 9.90. The Hall–Kier alpha value is -1.56. The first-order valence-corrected chi connectivity index (χ1v) is 6.52. The Balaban J connectivity index is 0.00000176. The summed E-state index contributed by atoms with van der Waals surface area (Å²) >= 11 is 0. The van der Waals surface area contributed by atoms with Crippen LogP contribution in [0.5, 0.6) is 0 Å². The number of carboxylic acid groups (broad SMARTS) is 1. The molecule has 3 amide bonds. The smallest absolute Gasteiger partial charge is 0.544 e. The van der Waals surface area contributed by atoms with Crippen molar-refractivity contribution in [2.75, 3.05) is 6.54 Å². The van der Waals surface area contributed by atoms with Gasteiger partial charge in [0, 0.05) is 0 Å². The Morgan fingerprint density at radius 2 is 2.09 bits per heavy atom. The van der Waals surface area contributed by atoms with Gasteiger partial charge < -0.3 is 20.5 Å². The third-order valence-corrected chi connectivity index (χ3v) is 3.84. The topological polar surface area (TPSA) is 116 Å². The molecule has 0 unspecified atom stereocenters. The van der Waals surface area contributed by atoms with Gasteiger partial charge in [-0.3, -0.25) is 4.79 Å². The number of carbonyl (C=O) groups is 3. The molecule has 3 aliphatic rings. The van der Waals surface area contributed by atoms with Crippen LogP contribution in [0.2, 0.25) is 0 Å². The van der Waals surface area contributed by atoms with Gasteiger partial charge in [-0.15, -0.1) is 0 Å². The predicted octanol–water partition coefficient (Wildman–Crippen LogP) is -4.72. The zero-order chi connectivity index (χ0) is 15.3. The fourth-order valence-corrected chi connectivity index (χ4v) is 2.81. The van der Waals surface area contributed by atoms with Crippen LogP contribution in [0, 0.1) is 5.92 Å². The zero-order valence-corrected chi connectivity index (χ0v) is 11.9. The quantitative estimate of drug-likeness (QED) is 0.404. The van der Waals surface area contributed by atoms with Crippen molar-refractivity contribution in [3.8, 4) is 0 Å². The van der Waals surface area contributed by atoms with Crippen LogP contribution in [-0.4, -0.2) is 52.9 Å². The van der Waals surface area contributed by atoms with Gasteiger partial charge in [0.05, 0.1) is 12.6 Å². The number of hydrogen-bond donors (Lipinski definition) is 1. The van der Waals surface area contributed by atoms with E-state index in [1.54, 1.807) is 6.08 Å². The van der Waals surface area contributed by atoms with Crippen molar-refractivity contribution < 1.29 is 47.6 Å². The summed E-state index contributed by atoms with van der Waals surface area (Å²) in [6, 6.07) is -2.29. The molecule has 1 aliphatic carbocycles. The van der Waals surface area contributed by atoms with Crippen molar-refractivity contribution in [1.29, 1.82) is 0 Å².